The van der Waals surface area contributed by atoms with E-state index in [-0.39, 0.29) is 0 Å². The van der Waals surface area contributed by atoms with Gasteiger partial charge in [-0.15, -0.1) is 11.3 Å². The number of rotatable bonds is 4. The average Bonchev–Trinajstić information content (AvgIpc) is 3.85. The summed E-state index contributed by atoms with van der Waals surface area (Å²) in [4.78, 5) is 2.49. The smallest absolute Gasteiger partial charge is 0.136 e. The average molecular weight is 657 g/mol. The minimum Gasteiger partial charge on any atom is -0.456 e. The van der Waals surface area contributed by atoms with Crippen LogP contribution in [-0.2, 0) is 0 Å². The van der Waals surface area contributed by atoms with Crippen LogP contribution in [0.1, 0.15) is 0 Å². The van der Waals surface area contributed by atoms with Crippen molar-refractivity contribution in [1.29, 1.82) is 0 Å². The van der Waals surface area contributed by atoms with E-state index in [0.29, 0.717) is 0 Å². The highest BCUT2D eigenvalue weighted by molar-refractivity contribution is 7.26. The Morgan fingerprint density at radius 1 is 0.440 bits per heavy atom. The molecule has 4 heteroatoms. The molecule has 0 radical (unpaired) electrons. The normalized spacial score (nSPS) is 12.0. The molecular formula is C46H28N2OS. The van der Waals surface area contributed by atoms with E-state index in [2.05, 4.69) is 173 Å². The molecule has 0 fully saturated rings. The Kier molecular flexibility index (Phi) is 5.83. The molecule has 0 N–H and O–H groups in total. The van der Waals surface area contributed by atoms with Crippen molar-refractivity contribution in [2.45, 2.75) is 0 Å². The molecule has 0 saturated carbocycles. The predicted molar refractivity (Wildman–Crippen MR) is 213 cm³/mol. The first-order chi connectivity index (χ1) is 24.8. The molecule has 0 aliphatic rings. The first-order valence-corrected chi connectivity index (χ1v) is 17.8. The summed E-state index contributed by atoms with van der Waals surface area (Å²) in [6, 6.07) is 61.3. The second-order valence-electron chi connectivity index (χ2n) is 12.9. The van der Waals surface area contributed by atoms with Gasteiger partial charge in [-0.05, 0) is 83.6 Å². The van der Waals surface area contributed by atoms with E-state index in [1.54, 1.807) is 0 Å². The van der Waals surface area contributed by atoms with Gasteiger partial charge in [0.2, 0.25) is 0 Å². The zero-order valence-corrected chi connectivity index (χ0v) is 27.7. The molecule has 0 saturated heterocycles. The van der Waals surface area contributed by atoms with Gasteiger partial charge in [0.15, 0.2) is 0 Å². The fraction of sp³-hybridized carbons (Fsp3) is 0. The number of thiophene rings is 1. The molecule has 0 atom stereocenters. The van der Waals surface area contributed by atoms with Crippen LogP contribution in [-0.4, -0.2) is 4.57 Å². The van der Waals surface area contributed by atoms with Gasteiger partial charge in [-0.2, -0.15) is 0 Å². The lowest BCUT2D eigenvalue weighted by molar-refractivity contribution is 0.669. The van der Waals surface area contributed by atoms with Crippen molar-refractivity contribution in [1.82, 2.24) is 4.57 Å². The van der Waals surface area contributed by atoms with Crippen LogP contribution in [0, 0.1) is 0 Å². The Balaban J connectivity index is 1.26. The second kappa shape index (κ2) is 10.6. The number of nitrogens with zero attached hydrogens (tertiary/aromatic N) is 2. The Morgan fingerprint density at radius 2 is 1.14 bits per heavy atom. The minimum absolute atomic E-state index is 0.913. The lowest BCUT2D eigenvalue weighted by Gasteiger charge is -2.28. The maximum absolute atomic E-state index is 6.27. The van der Waals surface area contributed by atoms with E-state index >= 15 is 0 Å². The molecule has 3 aromatic heterocycles. The molecule has 0 aliphatic heterocycles. The summed E-state index contributed by atoms with van der Waals surface area (Å²) in [7, 11) is 0. The monoisotopic (exact) mass is 656 g/mol. The molecule has 0 spiro atoms. The van der Waals surface area contributed by atoms with Gasteiger partial charge in [0.1, 0.15) is 11.2 Å². The molecule has 11 aromatic rings. The Hall–Kier alpha value is -6.36. The van der Waals surface area contributed by atoms with Crippen molar-refractivity contribution in [2.24, 2.45) is 0 Å². The van der Waals surface area contributed by atoms with E-state index in [1.165, 1.54) is 52.8 Å². The molecule has 0 bridgehead atoms. The maximum Gasteiger partial charge on any atom is 0.136 e. The number of para-hydroxylation sites is 3. The number of anilines is 3. The molecule has 11 rings (SSSR count). The third kappa shape index (κ3) is 3.91. The summed E-state index contributed by atoms with van der Waals surface area (Å²) in [5.41, 5.74) is 8.76. The van der Waals surface area contributed by atoms with E-state index in [0.717, 1.165) is 44.7 Å². The summed E-state index contributed by atoms with van der Waals surface area (Å²) in [6.45, 7) is 0. The Bertz CT molecular complexity index is 3110. The Labute approximate surface area is 291 Å². The number of hydrogen-bond acceptors (Lipinski definition) is 3. The van der Waals surface area contributed by atoms with E-state index in [4.69, 9.17) is 4.42 Å². The summed E-state index contributed by atoms with van der Waals surface area (Å²) >= 11 is 1.86. The maximum atomic E-state index is 6.27. The quantitative estimate of drug-likeness (QED) is 0.188. The fourth-order valence-corrected chi connectivity index (χ4v) is 9.20. The van der Waals surface area contributed by atoms with Crippen molar-refractivity contribution >= 4 is 103 Å². The first kappa shape index (κ1) is 27.6. The number of aromatic nitrogens is 1. The minimum atomic E-state index is 0.913. The van der Waals surface area contributed by atoms with Crippen LogP contribution < -0.4 is 4.90 Å². The molecule has 0 amide bonds. The molecule has 234 valence electrons. The largest absolute Gasteiger partial charge is 0.456 e. The number of benzene rings is 8. The van der Waals surface area contributed by atoms with Gasteiger partial charge in [0, 0.05) is 53.1 Å². The Morgan fingerprint density at radius 3 is 2.04 bits per heavy atom. The standard InChI is InChI=1S/C46H28N2OS/c1-2-12-30(13-3-1)47-36-17-7-4-14-33(36)45-37(47)18-10-19-38(45)48(39-20-11-23-43-46(39)35-16-6-9-22-42(35)50-43)31-25-26-32-29(28-31)24-27-41-44(32)34-15-5-8-21-40(34)49-41/h1-28H. The van der Waals surface area contributed by atoms with Crippen molar-refractivity contribution in [3.63, 3.8) is 0 Å². The van der Waals surface area contributed by atoms with Crippen molar-refractivity contribution in [2.75, 3.05) is 4.90 Å². The lowest BCUT2D eigenvalue weighted by Crippen LogP contribution is -2.11. The van der Waals surface area contributed by atoms with Crippen LogP contribution in [0.5, 0.6) is 0 Å². The summed E-state index contributed by atoms with van der Waals surface area (Å²) in [5.74, 6) is 0. The van der Waals surface area contributed by atoms with Gasteiger partial charge in [0.25, 0.3) is 0 Å². The molecule has 50 heavy (non-hydrogen) atoms. The van der Waals surface area contributed by atoms with Crippen LogP contribution in [0.4, 0.5) is 17.1 Å². The third-order valence-electron chi connectivity index (χ3n) is 10.2. The zero-order valence-electron chi connectivity index (χ0n) is 26.9. The highest BCUT2D eigenvalue weighted by Crippen LogP contribution is 2.49. The van der Waals surface area contributed by atoms with E-state index in [9.17, 15) is 0 Å². The second-order valence-corrected chi connectivity index (χ2v) is 14.0. The first-order valence-electron chi connectivity index (χ1n) is 16.9. The number of fused-ring (bicyclic) bond motifs is 11. The molecular weight excluding hydrogens is 629 g/mol. The van der Waals surface area contributed by atoms with Gasteiger partial charge < -0.3 is 13.9 Å². The van der Waals surface area contributed by atoms with Crippen LogP contribution >= 0.6 is 11.3 Å². The van der Waals surface area contributed by atoms with Gasteiger partial charge in [-0.25, -0.2) is 0 Å². The lowest BCUT2D eigenvalue weighted by atomic mass is 10.0. The topological polar surface area (TPSA) is 21.3 Å². The van der Waals surface area contributed by atoms with E-state index in [1.807, 2.05) is 17.4 Å². The molecule has 8 aromatic carbocycles. The molecule has 3 nitrogen and oxygen atoms in total. The van der Waals surface area contributed by atoms with Crippen molar-refractivity contribution in [3.05, 3.63) is 170 Å². The van der Waals surface area contributed by atoms with Gasteiger partial charge in [0.05, 0.1) is 22.4 Å². The van der Waals surface area contributed by atoms with Gasteiger partial charge in [-0.3, -0.25) is 0 Å². The molecule has 0 aliphatic carbocycles. The highest BCUT2D eigenvalue weighted by Gasteiger charge is 2.24. The summed E-state index contributed by atoms with van der Waals surface area (Å²) < 4.78 is 11.2. The zero-order chi connectivity index (χ0) is 32.8. The van der Waals surface area contributed by atoms with Gasteiger partial charge >= 0.3 is 0 Å². The highest BCUT2D eigenvalue weighted by atomic mass is 32.1. The van der Waals surface area contributed by atoms with Crippen LogP contribution in [0.2, 0.25) is 0 Å². The third-order valence-corrected chi connectivity index (χ3v) is 11.3. The predicted octanol–water partition coefficient (Wildman–Crippen LogP) is 13.7. The number of hydrogen-bond donors (Lipinski definition) is 0. The molecule has 0 unspecified atom stereocenters. The number of furan rings is 1. The summed E-state index contributed by atoms with van der Waals surface area (Å²) in [6.07, 6.45) is 0. The van der Waals surface area contributed by atoms with Crippen LogP contribution in [0.25, 0.3) is 80.4 Å². The molecule has 3 heterocycles. The summed E-state index contributed by atoms with van der Waals surface area (Å²) in [5, 5.41) is 9.66. The fourth-order valence-electron chi connectivity index (χ4n) is 8.07. The van der Waals surface area contributed by atoms with Gasteiger partial charge in [-0.1, -0.05) is 97.1 Å². The van der Waals surface area contributed by atoms with Crippen LogP contribution in [0.3, 0.4) is 0 Å². The van der Waals surface area contributed by atoms with E-state index < -0.39 is 0 Å². The van der Waals surface area contributed by atoms with Crippen molar-refractivity contribution in [3.8, 4) is 5.69 Å². The van der Waals surface area contributed by atoms with Crippen LogP contribution in [0.15, 0.2) is 174 Å². The van der Waals surface area contributed by atoms with Crippen molar-refractivity contribution < 1.29 is 4.42 Å². The SMILES string of the molecule is c1ccc(-n2c3ccccc3c3c(N(c4ccc5c(ccc6oc7ccccc7c65)c4)c4cccc5sc6ccccc6c45)cccc32)cc1.